The molecule has 0 aromatic rings. The van der Waals surface area contributed by atoms with Crippen LogP contribution in [-0.4, -0.2) is 48.3 Å². The van der Waals surface area contributed by atoms with E-state index >= 15 is 0 Å². The van der Waals surface area contributed by atoms with Gasteiger partial charge in [0, 0.05) is 26.3 Å². The molecule has 0 radical (unpaired) electrons. The van der Waals surface area contributed by atoms with E-state index in [-0.39, 0.29) is 11.7 Å². The van der Waals surface area contributed by atoms with E-state index in [0.29, 0.717) is 26.1 Å². The third-order valence-corrected chi connectivity index (χ3v) is 3.99. The van der Waals surface area contributed by atoms with Gasteiger partial charge in [-0.2, -0.15) is 0 Å². The third-order valence-electron chi connectivity index (χ3n) is 3.99. The number of oxime groups is 1. The predicted octanol–water partition coefficient (Wildman–Crippen LogP) is 0.0467. The largest absolute Gasteiger partial charge is 0.409 e. The number of nitrogens with one attached hydrogen (secondary N) is 1. The Morgan fingerprint density at radius 2 is 1.89 bits per heavy atom. The second kappa shape index (κ2) is 6.21. The smallest absolute Gasteiger partial charge is 0.248 e. The SMILES string of the molecule is NC(=NO)C1(C(=O)NN2CCCCC2)CCOCC1. The van der Waals surface area contributed by atoms with Crippen molar-refractivity contribution in [2.75, 3.05) is 26.3 Å². The zero-order valence-corrected chi connectivity index (χ0v) is 11.1. The van der Waals surface area contributed by atoms with Crippen molar-refractivity contribution in [3.05, 3.63) is 0 Å². The molecule has 0 bridgehead atoms. The van der Waals surface area contributed by atoms with E-state index in [1.54, 1.807) is 0 Å². The van der Waals surface area contributed by atoms with Gasteiger partial charge in [-0.3, -0.25) is 10.2 Å². The minimum Gasteiger partial charge on any atom is -0.409 e. The molecule has 0 atom stereocenters. The van der Waals surface area contributed by atoms with Gasteiger partial charge in [0.25, 0.3) is 0 Å². The first-order chi connectivity index (χ1) is 9.19. The van der Waals surface area contributed by atoms with Crippen molar-refractivity contribution in [3.8, 4) is 0 Å². The van der Waals surface area contributed by atoms with Crippen LogP contribution in [-0.2, 0) is 9.53 Å². The Bertz CT molecular complexity index is 347. The van der Waals surface area contributed by atoms with Gasteiger partial charge in [-0.05, 0) is 25.7 Å². The van der Waals surface area contributed by atoms with Gasteiger partial charge in [0.2, 0.25) is 5.91 Å². The maximum absolute atomic E-state index is 12.5. The Hall–Kier alpha value is -1.34. The van der Waals surface area contributed by atoms with Gasteiger partial charge in [-0.1, -0.05) is 11.6 Å². The lowest BCUT2D eigenvalue weighted by Gasteiger charge is -2.37. The fraction of sp³-hybridized carbons (Fsp3) is 0.833. The fourth-order valence-corrected chi connectivity index (χ4v) is 2.67. The number of piperidine rings is 1. The predicted molar refractivity (Wildman–Crippen MR) is 69.5 cm³/mol. The molecule has 4 N–H and O–H groups in total. The fourth-order valence-electron chi connectivity index (χ4n) is 2.67. The number of carbonyl (C=O) groups is 1. The lowest BCUT2D eigenvalue weighted by molar-refractivity contribution is -0.137. The second-order valence-electron chi connectivity index (χ2n) is 5.17. The number of nitrogens with zero attached hydrogens (tertiary/aromatic N) is 2. The van der Waals surface area contributed by atoms with Crippen molar-refractivity contribution in [3.63, 3.8) is 0 Å². The van der Waals surface area contributed by atoms with Gasteiger partial charge < -0.3 is 15.7 Å². The number of amides is 1. The summed E-state index contributed by atoms with van der Waals surface area (Å²) in [6.07, 6.45) is 4.26. The molecular weight excluding hydrogens is 248 g/mol. The zero-order chi connectivity index (χ0) is 13.7. The Labute approximate surface area is 112 Å². The molecule has 2 heterocycles. The summed E-state index contributed by atoms with van der Waals surface area (Å²) in [5.74, 6) is -0.210. The first kappa shape index (κ1) is 14.1. The van der Waals surface area contributed by atoms with E-state index in [0.717, 1.165) is 25.9 Å². The maximum atomic E-state index is 12.5. The van der Waals surface area contributed by atoms with Gasteiger partial charge in [-0.15, -0.1) is 0 Å². The van der Waals surface area contributed by atoms with E-state index in [4.69, 9.17) is 15.7 Å². The molecule has 0 aromatic carbocycles. The highest BCUT2D eigenvalue weighted by Crippen LogP contribution is 2.31. The molecule has 1 amide bonds. The van der Waals surface area contributed by atoms with Crippen molar-refractivity contribution in [1.82, 2.24) is 10.4 Å². The molecule has 2 aliphatic rings. The zero-order valence-electron chi connectivity index (χ0n) is 11.1. The lowest BCUT2D eigenvalue weighted by atomic mass is 9.78. The van der Waals surface area contributed by atoms with Gasteiger partial charge in [0.1, 0.15) is 5.41 Å². The highest BCUT2D eigenvalue weighted by molar-refractivity contribution is 6.06. The number of amidine groups is 1. The van der Waals surface area contributed by atoms with Crippen molar-refractivity contribution in [2.45, 2.75) is 32.1 Å². The molecule has 7 heteroatoms. The molecule has 0 saturated carbocycles. The number of rotatable bonds is 3. The first-order valence-corrected chi connectivity index (χ1v) is 6.81. The van der Waals surface area contributed by atoms with Gasteiger partial charge in [0.15, 0.2) is 5.84 Å². The minimum atomic E-state index is -0.940. The van der Waals surface area contributed by atoms with Crippen molar-refractivity contribution in [2.24, 2.45) is 16.3 Å². The standard InChI is InChI=1S/C12H22N4O3/c13-10(15-18)12(4-8-19-9-5-12)11(17)14-16-6-2-1-3-7-16/h18H,1-9H2,(H2,13,15)(H,14,17). The van der Waals surface area contributed by atoms with Crippen LogP contribution in [0.4, 0.5) is 0 Å². The third kappa shape index (κ3) is 2.98. The minimum absolute atomic E-state index is 0.0229. The van der Waals surface area contributed by atoms with E-state index < -0.39 is 5.41 Å². The molecule has 2 rings (SSSR count). The van der Waals surface area contributed by atoms with Crippen LogP contribution in [0.3, 0.4) is 0 Å². The Morgan fingerprint density at radius 3 is 2.47 bits per heavy atom. The summed E-state index contributed by atoms with van der Waals surface area (Å²) < 4.78 is 5.27. The number of carbonyl (C=O) groups excluding carboxylic acids is 1. The van der Waals surface area contributed by atoms with Crippen LogP contribution in [0.15, 0.2) is 5.16 Å². The molecule has 2 fully saturated rings. The quantitative estimate of drug-likeness (QED) is 0.291. The second-order valence-corrected chi connectivity index (χ2v) is 5.17. The molecule has 0 aliphatic carbocycles. The molecular formula is C12H22N4O3. The van der Waals surface area contributed by atoms with Crippen LogP contribution in [0.1, 0.15) is 32.1 Å². The average Bonchev–Trinajstić information content (AvgIpc) is 2.48. The molecule has 2 aliphatic heterocycles. The van der Waals surface area contributed by atoms with E-state index in [9.17, 15) is 4.79 Å². The number of nitrogens with two attached hydrogens (primary N) is 1. The number of hydrazine groups is 1. The summed E-state index contributed by atoms with van der Waals surface area (Å²) in [5.41, 5.74) is 7.73. The summed E-state index contributed by atoms with van der Waals surface area (Å²) in [4.78, 5) is 12.5. The van der Waals surface area contributed by atoms with Crippen LogP contribution >= 0.6 is 0 Å². The number of hydrogen-bond acceptors (Lipinski definition) is 5. The molecule has 0 aromatic heterocycles. The van der Waals surface area contributed by atoms with E-state index in [2.05, 4.69) is 10.6 Å². The Balaban J connectivity index is 2.06. The van der Waals surface area contributed by atoms with E-state index in [1.165, 1.54) is 6.42 Å². The van der Waals surface area contributed by atoms with Crippen LogP contribution in [0.5, 0.6) is 0 Å². The van der Waals surface area contributed by atoms with Crippen LogP contribution < -0.4 is 11.2 Å². The number of hydrogen-bond donors (Lipinski definition) is 3. The highest BCUT2D eigenvalue weighted by Gasteiger charge is 2.45. The lowest BCUT2D eigenvalue weighted by Crippen LogP contribution is -2.57. The Morgan fingerprint density at radius 1 is 1.26 bits per heavy atom. The molecule has 0 unspecified atom stereocenters. The molecule has 2 saturated heterocycles. The van der Waals surface area contributed by atoms with E-state index in [1.807, 2.05) is 5.01 Å². The monoisotopic (exact) mass is 270 g/mol. The molecule has 0 spiro atoms. The average molecular weight is 270 g/mol. The van der Waals surface area contributed by atoms with Crippen molar-refractivity contribution >= 4 is 11.7 Å². The summed E-state index contributed by atoms with van der Waals surface area (Å²) in [7, 11) is 0. The van der Waals surface area contributed by atoms with Crippen molar-refractivity contribution in [1.29, 1.82) is 0 Å². The van der Waals surface area contributed by atoms with Crippen LogP contribution in [0, 0.1) is 5.41 Å². The van der Waals surface area contributed by atoms with Crippen LogP contribution in [0.2, 0.25) is 0 Å². The summed E-state index contributed by atoms with van der Waals surface area (Å²) >= 11 is 0. The Kier molecular flexibility index (Phi) is 4.60. The van der Waals surface area contributed by atoms with Crippen molar-refractivity contribution < 1.29 is 14.7 Å². The molecule has 7 nitrogen and oxygen atoms in total. The molecule has 108 valence electrons. The van der Waals surface area contributed by atoms with Crippen LogP contribution in [0.25, 0.3) is 0 Å². The van der Waals surface area contributed by atoms with Gasteiger partial charge in [-0.25, -0.2) is 5.01 Å². The summed E-state index contributed by atoms with van der Waals surface area (Å²) in [6.45, 7) is 2.61. The summed E-state index contributed by atoms with van der Waals surface area (Å²) in [6, 6.07) is 0. The normalized spacial score (nSPS) is 24.9. The van der Waals surface area contributed by atoms with Gasteiger partial charge in [0.05, 0.1) is 0 Å². The topological polar surface area (TPSA) is 100 Å². The molecule has 19 heavy (non-hydrogen) atoms. The summed E-state index contributed by atoms with van der Waals surface area (Å²) in [5, 5.41) is 13.9. The first-order valence-electron chi connectivity index (χ1n) is 6.81. The highest BCUT2D eigenvalue weighted by atomic mass is 16.5. The van der Waals surface area contributed by atoms with Gasteiger partial charge >= 0.3 is 0 Å². The maximum Gasteiger partial charge on any atom is 0.248 e. The number of ether oxygens (including phenoxy) is 1.